The SMILES string of the molecule is COCNC(=O)c1csc(N(C(=O)c2ccccc2Cl)c2ccc(C)c(C)c2)n1. The number of rotatable bonds is 6. The van der Waals surface area contributed by atoms with Crippen LogP contribution in [-0.2, 0) is 4.74 Å². The molecule has 150 valence electrons. The molecule has 8 heteroatoms. The van der Waals surface area contributed by atoms with Crippen molar-refractivity contribution < 1.29 is 14.3 Å². The summed E-state index contributed by atoms with van der Waals surface area (Å²) in [7, 11) is 1.48. The Morgan fingerprint density at radius 1 is 1.17 bits per heavy atom. The number of ether oxygens (including phenoxy) is 1. The molecule has 3 aromatic rings. The first-order chi connectivity index (χ1) is 13.9. The number of hydrogen-bond acceptors (Lipinski definition) is 5. The molecule has 0 aliphatic heterocycles. The number of carbonyl (C=O) groups excluding carboxylic acids is 2. The van der Waals surface area contributed by atoms with Crippen molar-refractivity contribution in [1.82, 2.24) is 10.3 Å². The van der Waals surface area contributed by atoms with Crippen LogP contribution < -0.4 is 10.2 Å². The molecular weight excluding hydrogens is 410 g/mol. The van der Waals surface area contributed by atoms with E-state index in [0.717, 1.165) is 11.1 Å². The summed E-state index contributed by atoms with van der Waals surface area (Å²) in [6, 6.07) is 12.6. The lowest BCUT2D eigenvalue weighted by Crippen LogP contribution is -2.28. The van der Waals surface area contributed by atoms with Gasteiger partial charge in [0.15, 0.2) is 5.13 Å². The number of methoxy groups -OCH3 is 1. The van der Waals surface area contributed by atoms with E-state index in [1.807, 2.05) is 32.0 Å². The number of aromatic nitrogens is 1. The summed E-state index contributed by atoms with van der Waals surface area (Å²) in [5.74, 6) is -0.698. The third-order valence-electron chi connectivity index (χ3n) is 4.35. The minimum atomic E-state index is -0.375. The van der Waals surface area contributed by atoms with E-state index in [1.54, 1.807) is 29.6 Å². The van der Waals surface area contributed by atoms with Gasteiger partial charge in [-0.1, -0.05) is 29.8 Å². The number of benzene rings is 2. The van der Waals surface area contributed by atoms with Crippen LogP contribution in [0.2, 0.25) is 5.02 Å². The number of amides is 2. The predicted octanol–water partition coefficient (Wildman–Crippen LogP) is 4.73. The first kappa shape index (κ1) is 21.0. The van der Waals surface area contributed by atoms with Crippen LogP contribution in [0.3, 0.4) is 0 Å². The fourth-order valence-electron chi connectivity index (χ4n) is 2.63. The maximum Gasteiger partial charge on any atom is 0.272 e. The van der Waals surface area contributed by atoms with Crippen LogP contribution in [0.4, 0.5) is 10.8 Å². The Hall–Kier alpha value is -2.74. The standard InChI is InChI=1S/C21H20ClN3O3S/c1-13-8-9-15(10-14(13)2)25(20(27)16-6-4-5-7-17(16)22)21-24-18(11-29-21)19(26)23-12-28-3/h4-11H,12H2,1-3H3,(H,23,26). The summed E-state index contributed by atoms with van der Waals surface area (Å²) < 4.78 is 4.86. The number of nitrogens with zero attached hydrogens (tertiary/aromatic N) is 2. The van der Waals surface area contributed by atoms with Crippen molar-refractivity contribution >= 4 is 45.6 Å². The molecule has 1 N–H and O–H groups in total. The van der Waals surface area contributed by atoms with E-state index >= 15 is 0 Å². The summed E-state index contributed by atoms with van der Waals surface area (Å²) in [6.07, 6.45) is 0. The Labute approximate surface area is 178 Å². The Bertz CT molecular complexity index is 1050. The summed E-state index contributed by atoms with van der Waals surface area (Å²) in [5.41, 5.74) is 3.36. The molecule has 0 saturated heterocycles. The number of hydrogen-bond donors (Lipinski definition) is 1. The number of nitrogens with one attached hydrogen (secondary N) is 1. The Morgan fingerprint density at radius 2 is 1.93 bits per heavy atom. The van der Waals surface area contributed by atoms with Gasteiger partial charge in [0.1, 0.15) is 12.4 Å². The van der Waals surface area contributed by atoms with Gasteiger partial charge in [-0.05, 0) is 49.2 Å². The molecule has 3 rings (SSSR count). The molecule has 0 radical (unpaired) electrons. The van der Waals surface area contributed by atoms with Gasteiger partial charge in [-0.15, -0.1) is 11.3 Å². The minimum Gasteiger partial charge on any atom is -0.364 e. The van der Waals surface area contributed by atoms with Crippen LogP contribution in [0.5, 0.6) is 0 Å². The zero-order valence-corrected chi connectivity index (χ0v) is 17.8. The molecule has 0 aliphatic rings. The van der Waals surface area contributed by atoms with Crippen LogP contribution in [0, 0.1) is 13.8 Å². The number of anilines is 2. The van der Waals surface area contributed by atoms with Gasteiger partial charge in [0.05, 0.1) is 16.3 Å². The van der Waals surface area contributed by atoms with Gasteiger partial charge in [0.25, 0.3) is 11.8 Å². The molecule has 0 atom stereocenters. The smallest absolute Gasteiger partial charge is 0.272 e. The molecule has 0 fully saturated rings. The van der Waals surface area contributed by atoms with Crippen LogP contribution in [0.1, 0.15) is 32.0 Å². The second kappa shape index (κ2) is 9.17. The number of thiazole rings is 1. The lowest BCUT2D eigenvalue weighted by molar-refractivity contribution is 0.0867. The average molecular weight is 430 g/mol. The van der Waals surface area contributed by atoms with Gasteiger partial charge >= 0.3 is 0 Å². The van der Waals surface area contributed by atoms with Gasteiger partial charge in [0.2, 0.25) is 0 Å². The third-order valence-corrected chi connectivity index (χ3v) is 5.50. The van der Waals surface area contributed by atoms with Crippen molar-refractivity contribution in [3.05, 3.63) is 75.3 Å². The molecule has 6 nitrogen and oxygen atoms in total. The number of halogens is 1. The summed E-state index contributed by atoms with van der Waals surface area (Å²) in [6.45, 7) is 4.05. The number of aryl methyl sites for hydroxylation is 2. The molecule has 1 heterocycles. The van der Waals surface area contributed by atoms with Crippen LogP contribution in [0.25, 0.3) is 0 Å². The molecule has 29 heavy (non-hydrogen) atoms. The monoisotopic (exact) mass is 429 g/mol. The minimum absolute atomic E-state index is 0.0745. The maximum atomic E-state index is 13.4. The molecule has 0 bridgehead atoms. The summed E-state index contributed by atoms with van der Waals surface area (Å²) in [5, 5.41) is 4.91. The highest BCUT2D eigenvalue weighted by Gasteiger charge is 2.25. The topological polar surface area (TPSA) is 71.5 Å². The highest BCUT2D eigenvalue weighted by atomic mass is 35.5. The second-order valence-electron chi connectivity index (χ2n) is 6.34. The zero-order chi connectivity index (χ0) is 21.0. The van der Waals surface area contributed by atoms with E-state index in [4.69, 9.17) is 16.3 Å². The molecule has 2 amide bonds. The van der Waals surface area contributed by atoms with E-state index in [0.29, 0.717) is 21.4 Å². The van der Waals surface area contributed by atoms with Crippen molar-refractivity contribution in [3.63, 3.8) is 0 Å². The van der Waals surface area contributed by atoms with E-state index in [9.17, 15) is 9.59 Å². The maximum absolute atomic E-state index is 13.4. The van der Waals surface area contributed by atoms with Crippen LogP contribution in [0.15, 0.2) is 47.8 Å². The van der Waals surface area contributed by atoms with Crippen molar-refractivity contribution in [2.24, 2.45) is 0 Å². The molecule has 0 aliphatic carbocycles. The Morgan fingerprint density at radius 3 is 2.62 bits per heavy atom. The highest BCUT2D eigenvalue weighted by Crippen LogP contribution is 2.33. The molecule has 1 aromatic heterocycles. The molecule has 2 aromatic carbocycles. The molecule has 0 spiro atoms. The van der Waals surface area contributed by atoms with Crippen molar-refractivity contribution in [1.29, 1.82) is 0 Å². The van der Waals surface area contributed by atoms with Crippen molar-refractivity contribution in [2.45, 2.75) is 13.8 Å². The van der Waals surface area contributed by atoms with Gasteiger partial charge < -0.3 is 10.1 Å². The first-order valence-corrected chi connectivity index (χ1v) is 10.1. The fourth-order valence-corrected chi connectivity index (χ4v) is 3.67. The van der Waals surface area contributed by atoms with Gasteiger partial charge in [-0.25, -0.2) is 4.98 Å². The third kappa shape index (κ3) is 4.64. The lowest BCUT2D eigenvalue weighted by atomic mass is 10.1. The molecule has 0 saturated carbocycles. The largest absolute Gasteiger partial charge is 0.364 e. The lowest BCUT2D eigenvalue weighted by Gasteiger charge is -2.21. The zero-order valence-electron chi connectivity index (χ0n) is 16.2. The van der Waals surface area contributed by atoms with E-state index < -0.39 is 0 Å². The second-order valence-corrected chi connectivity index (χ2v) is 7.59. The van der Waals surface area contributed by atoms with Gasteiger partial charge in [-0.2, -0.15) is 0 Å². The highest BCUT2D eigenvalue weighted by molar-refractivity contribution is 7.14. The molecular formula is C21H20ClN3O3S. The van der Waals surface area contributed by atoms with Crippen LogP contribution >= 0.6 is 22.9 Å². The Kier molecular flexibility index (Phi) is 6.64. The summed E-state index contributed by atoms with van der Waals surface area (Å²) in [4.78, 5) is 31.5. The van der Waals surface area contributed by atoms with Gasteiger partial charge in [0, 0.05) is 12.5 Å². The Balaban J connectivity index is 2.05. The van der Waals surface area contributed by atoms with E-state index in [2.05, 4.69) is 10.3 Å². The van der Waals surface area contributed by atoms with Crippen LogP contribution in [-0.4, -0.2) is 30.6 Å². The van der Waals surface area contributed by atoms with Gasteiger partial charge in [-0.3, -0.25) is 14.5 Å². The number of carbonyl (C=O) groups is 2. The average Bonchev–Trinajstić information content (AvgIpc) is 3.19. The van der Waals surface area contributed by atoms with Crippen molar-refractivity contribution in [3.8, 4) is 0 Å². The summed E-state index contributed by atoms with van der Waals surface area (Å²) >= 11 is 7.47. The quantitative estimate of drug-likeness (QED) is 0.575. The first-order valence-electron chi connectivity index (χ1n) is 8.81. The fraction of sp³-hybridized carbons (Fsp3) is 0.190. The van der Waals surface area contributed by atoms with E-state index in [-0.39, 0.29) is 24.2 Å². The van der Waals surface area contributed by atoms with Crippen molar-refractivity contribution in [2.75, 3.05) is 18.7 Å². The normalized spacial score (nSPS) is 10.6. The van der Waals surface area contributed by atoms with E-state index in [1.165, 1.54) is 23.3 Å². The molecule has 0 unspecified atom stereocenters. The predicted molar refractivity (Wildman–Crippen MR) is 115 cm³/mol.